The third kappa shape index (κ3) is 4.71. The second-order valence-corrected chi connectivity index (χ2v) is 5.65. The standard InChI is InChI=1S/C16H18F3N3O3/c1-10-14(15(25)20-8-4-2-3-5-13(23)24)22-9-11(16(17,18)19)6-7-12(22)21-10/h6-7,9H,2-5,8H2,1H3,(H,20,25)(H,23,24). The number of aliphatic carboxylic acids is 1. The number of pyridine rings is 1. The monoisotopic (exact) mass is 357 g/mol. The van der Waals surface area contributed by atoms with E-state index in [9.17, 15) is 22.8 Å². The number of aryl methyl sites for hydroxylation is 1. The van der Waals surface area contributed by atoms with Gasteiger partial charge in [-0.1, -0.05) is 6.42 Å². The Morgan fingerprint density at radius 1 is 1.24 bits per heavy atom. The van der Waals surface area contributed by atoms with Crippen molar-refractivity contribution in [2.75, 3.05) is 6.54 Å². The summed E-state index contributed by atoms with van der Waals surface area (Å²) in [7, 11) is 0. The zero-order valence-corrected chi connectivity index (χ0v) is 13.6. The van der Waals surface area contributed by atoms with E-state index in [0.717, 1.165) is 16.7 Å². The first-order valence-electron chi connectivity index (χ1n) is 7.76. The van der Waals surface area contributed by atoms with Crippen molar-refractivity contribution in [3.8, 4) is 0 Å². The molecule has 0 aliphatic carbocycles. The number of amides is 1. The number of hydrogen-bond donors (Lipinski definition) is 2. The molecule has 1 amide bonds. The van der Waals surface area contributed by atoms with Gasteiger partial charge >= 0.3 is 12.1 Å². The van der Waals surface area contributed by atoms with Crippen molar-refractivity contribution in [3.05, 3.63) is 35.3 Å². The van der Waals surface area contributed by atoms with Crippen molar-refractivity contribution < 1.29 is 27.9 Å². The van der Waals surface area contributed by atoms with Gasteiger partial charge in [-0.3, -0.25) is 14.0 Å². The summed E-state index contributed by atoms with van der Waals surface area (Å²) >= 11 is 0. The Balaban J connectivity index is 2.07. The minimum atomic E-state index is -4.51. The average Bonchev–Trinajstić information content (AvgIpc) is 2.84. The number of carbonyl (C=O) groups excluding carboxylic acids is 1. The van der Waals surface area contributed by atoms with Gasteiger partial charge in [-0.15, -0.1) is 0 Å². The van der Waals surface area contributed by atoms with Gasteiger partial charge in [0.15, 0.2) is 0 Å². The third-order valence-electron chi connectivity index (χ3n) is 3.69. The summed E-state index contributed by atoms with van der Waals surface area (Å²) in [4.78, 5) is 26.8. The number of rotatable bonds is 7. The van der Waals surface area contributed by atoms with E-state index >= 15 is 0 Å². The lowest BCUT2D eigenvalue weighted by atomic mass is 10.2. The largest absolute Gasteiger partial charge is 0.481 e. The molecule has 6 nitrogen and oxygen atoms in total. The number of carboxylic acid groups (broad SMARTS) is 1. The Labute approximate surface area is 141 Å². The number of carboxylic acids is 1. The molecule has 0 aliphatic heterocycles. The van der Waals surface area contributed by atoms with Crippen LogP contribution in [0, 0.1) is 6.92 Å². The van der Waals surface area contributed by atoms with Gasteiger partial charge in [-0.25, -0.2) is 4.98 Å². The molecule has 0 radical (unpaired) electrons. The highest BCUT2D eigenvalue weighted by molar-refractivity contribution is 5.94. The number of hydrogen-bond acceptors (Lipinski definition) is 3. The molecule has 0 saturated carbocycles. The number of carbonyl (C=O) groups is 2. The number of fused-ring (bicyclic) bond motifs is 1. The molecule has 2 aromatic heterocycles. The van der Waals surface area contributed by atoms with Gasteiger partial charge in [0.1, 0.15) is 11.3 Å². The molecule has 2 heterocycles. The van der Waals surface area contributed by atoms with E-state index in [1.165, 1.54) is 6.07 Å². The first kappa shape index (κ1) is 18.8. The van der Waals surface area contributed by atoms with Crippen molar-refractivity contribution in [3.63, 3.8) is 0 Å². The van der Waals surface area contributed by atoms with Gasteiger partial charge in [0, 0.05) is 19.2 Å². The molecule has 0 atom stereocenters. The van der Waals surface area contributed by atoms with Crippen LogP contribution in [-0.4, -0.2) is 32.9 Å². The number of alkyl halides is 3. The highest BCUT2D eigenvalue weighted by atomic mass is 19.4. The third-order valence-corrected chi connectivity index (χ3v) is 3.69. The second-order valence-electron chi connectivity index (χ2n) is 5.65. The average molecular weight is 357 g/mol. The van der Waals surface area contributed by atoms with Crippen LogP contribution in [0.4, 0.5) is 13.2 Å². The molecule has 0 spiro atoms. The Morgan fingerprint density at radius 3 is 2.60 bits per heavy atom. The van der Waals surface area contributed by atoms with E-state index in [2.05, 4.69) is 10.3 Å². The summed E-state index contributed by atoms with van der Waals surface area (Å²) < 4.78 is 39.7. The molecule has 2 aromatic rings. The van der Waals surface area contributed by atoms with Crippen molar-refractivity contribution in [1.82, 2.24) is 14.7 Å². The highest BCUT2D eigenvalue weighted by Crippen LogP contribution is 2.29. The van der Waals surface area contributed by atoms with E-state index in [0.29, 0.717) is 31.5 Å². The van der Waals surface area contributed by atoms with Gasteiger partial charge in [0.2, 0.25) is 0 Å². The van der Waals surface area contributed by atoms with Crippen molar-refractivity contribution in [2.45, 2.75) is 38.8 Å². The SMILES string of the molecule is Cc1nc2ccc(C(F)(F)F)cn2c1C(=O)NCCCCCC(=O)O. The smallest absolute Gasteiger partial charge is 0.417 e. The lowest BCUT2D eigenvalue weighted by Crippen LogP contribution is -2.26. The van der Waals surface area contributed by atoms with Gasteiger partial charge in [-0.05, 0) is 31.9 Å². The summed E-state index contributed by atoms with van der Waals surface area (Å²) in [5, 5.41) is 11.2. The summed E-state index contributed by atoms with van der Waals surface area (Å²) in [6.45, 7) is 1.87. The maximum absolute atomic E-state index is 12.9. The normalized spacial score (nSPS) is 11.7. The maximum atomic E-state index is 12.9. The van der Waals surface area contributed by atoms with Crippen molar-refractivity contribution in [1.29, 1.82) is 0 Å². The number of imidazole rings is 1. The van der Waals surface area contributed by atoms with Crippen LogP contribution in [-0.2, 0) is 11.0 Å². The van der Waals surface area contributed by atoms with Crippen LogP contribution in [0.25, 0.3) is 5.65 Å². The van der Waals surface area contributed by atoms with E-state index in [4.69, 9.17) is 5.11 Å². The Bertz CT molecular complexity index is 784. The zero-order valence-electron chi connectivity index (χ0n) is 13.6. The number of aromatic nitrogens is 2. The molecular weight excluding hydrogens is 339 g/mol. The van der Waals surface area contributed by atoms with Crippen LogP contribution < -0.4 is 5.32 Å². The zero-order chi connectivity index (χ0) is 18.6. The topological polar surface area (TPSA) is 83.7 Å². The first-order valence-corrected chi connectivity index (χ1v) is 7.76. The number of halogens is 3. The van der Waals surface area contributed by atoms with Crippen LogP contribution in [0.2, 0.25) is 0 Å². The van der Waals surface area contributed by atoms with Crippen LogP contribution >= 0.6 is 0 Å². The van der Waals surface area contributed by atoms with E-state index in [-0.39, 0.29) is 17.8 Å². The summed E-state index contributed by atoms with van der Waals surface area (Å²) in [5.74, 6) is -1.38. The predicted molar refractivity (Wildman–Crippen MR) is 83.4 cm³/mol. The lowest BCUT2D eigenvalue weighted by molar-refractivity contribution is -0.138. The minimum absolute atomic E-state index is 0.0617. The number of unbranched alkanes of at least 4 members (excludes halogenated alkanes) is 2. The molecule has 0 bridgehead atoms. The number of nitrogens with one attached hydrogen (secondary N) is 1. The molecule has 0 fully saturated rings. The van der Waals surface area contributed by atoms with Crippen LogP contribution in [0.5, 0.6) is 0 Å². The molecule has 136 valence electrons. The Morgan fingerprint density at radius 2 is 1.96 bits per heavy atom. The lowest BCUT2D eigenvalue weighted by Gasteiger charge is -2.09. The highest BCUT2D eigenvalue weighted by Gasteiger charge is 2.31. The quantitative estimate of drug-likeness (QED) is 0.746. The fourth-order valence-electron chi connectivity index (χ4n) is 2.47. The fraction of sp³-hybridized carbons (Fsp3) is 0.438. The summed E-state index contributed by atoms with van der Waals surface area (Å²) in [5.41, 5.74) is -0.202. The minimum Gasteiger partial charge on any atom is -0.481 e. The molecule has 25 heavy (non-hydrogen) atoms. The molecule has 0 aliphatic rings. The van der Waals surface area contributed by atoms with Gasteiger partial charge in [0.25, 0.3) is 5.91 Å². The van der Waals surface area contributed by atoms with Crippen molar-refractivity contribution >= 4 is 17.5 Å². The van der Waals surface area contributed by atoms with Gasteiger partial charge < -0.3 is 10.4 Å². The maximum Gasteiger partial charge on any atom is 0.417 e. The predicted octanol–water partition coefficient (Wildman–Crippen LogP) is 3.04. The summed E-state index contributed by atoms with van der Waals surface area (Å²) in [6.07, 6.45) is -1.85. The van der Waals surface area contributed by atoms with E-state index in [1.54, 1.807) is 6.92 Å². The van der Waals surface area contributed by atoms with E-state index in [1.807, 2.05) is 0 Å². The van der Waals surface area contributed by atoms with Gasteiger partial charge in [-0.2, -0.15) is 13.2 Å². The fourth-order valence-corrected chi connectivity index (χ4v) is 2.47. The Hall–Kier alpha value is -2.58. The second kappa shape index (κ2) is 7.54. The van der Waals surface area contributed by atoms with Crippen molar-refractivity contribution in [2.24, 2.45) is 0 Å². The molecule has 2 rings (SSSR count). The van der Waals surface area contributed by atoms with Crippen LogP contribution in [0.1, 0.15) is 47.4 Å². The van der Waals surface area contributed by atoms with Crippen LogP contribution in [0.15, 0.2) is 18.3 Å². The first-order chi connectivity index (χ1) is 11.7. The summed E-state index contributed by atoms with van der Waals surface area (Å²) in [6, 6.07) is 2.14. The molecule has 0 aromatic carbocycles. The number of nitrogens with zero attached hydrogens (tertiary/aromatic N) is 2. The van der Waals surface area contributed by atoms with E-state index < -0.39 is 23.6 Å². The molecular formula is C16H18F3N3O3. The van der Waals surface area contributed by atoms with Crippen LogP contribution in [0.3, 0.4) is 0 Å². The molecule has 0 unspecified atom stereocenters. The molecule has 9 heteroatoms. The molecule has 0 saturated heterocycles. The Kier molecular flexibility index (Phi) is 5.66. The van der Waals surface area contributed by atoms with Gasteiger partial charge in [0.05, 0.1) is 11.3 Å². The molecule has 2 N–H and O–H groups in total.